The summed E-state index contributed by atoms with van der Waals surface area (Å²) in [6.45, 7) is 3.33. The number of rotatable bonds is 4. The molecule has 3 aromatic carbocycles. The van der Waals surface area contributed by atoms with E-state index in [1.54, 1.807) is 19.1 Å². The molecule has 3 aromatic rings. The van der Waals surface area contributed by atoms with Crippen molar-refractivity contribution in [1.29, 1.82) is 0 Å². The highest BCUT2D eigenvalue weighted by atomic mass is 16.2. The number of nitrogens with one attached hydrogen (secondary N) is 1. The number of Topliss-reactive ketones (excluding diaryl/α,β-unsaturated/α-hetero) is 1. The van der Waals surface area contributed by atoms with Crippen molar-refractivity contribution in [2.24, 2.45) is 0 Å². The van der Waals surface area contributed by atoms with Crippen LogP contribution in [0.3, 0.4) is 0 Å². The molecule has 140 valence electrons. The number of hydrogen-bond donors (Lipinski definition) is 1. The summed E-state index contributed by atoms with van der Waals surface area (Å²) in [6.07, 6.45) is 0. The first-order valence-electron chi connectivity index (χ1n) is 9.12. The van der Waals surface area contributed by atoms with E-state index in [9.17, 15) is 14.4 Å². The average molecular weight is 372 g/mol. The van der Waals surface area contributed by atoms with Crippen molar-refractivity contribution >= 4 is 28.5 Å². The Balaban J connectivity index is 1.66. The van der Waals surface area contributed by atoms with E-state index < -0.39 is 17.5 Å². The van der Waals surface area contributed by atoms with Crippen LogP contribution in [0.15, 0.2) is 66.7 Å². The first-order chi connectivity index (χ1) is 13.4. The summed E-state index contributed by atoms with van der Waals surface area (Å²) in [5.41, 5.74) is 1.01. The summed E-state index contributed by atoms with van der Waals surface area (Å²) in [4.78, 5) is 39.4. The van der Waals surface area contributed by atoms with Crippen LogP contribution in [0.25, 0.3) is 10.8 Å². The number of aryl methyl sites for hydroxylation is 1. The molecular formula is C23H20N2O3. The molecule has 1 aliphatic heterocycles. The zero-order valence-electron chi connectivity index (χ0n) is 15.7. The van der Waals surface area contributed by atoms with Crippen LogP contribution >= 0.6 is 0 Å². The minimum atomic E-state index is -1.22. The van der Waals surface area contributed by atoms with Crippen molar-refractivity contribution in [3.63, 3.8) is 0 Å². The standard InChI is InChI=1S/C23H20N2O3/c1-15-10-12-17(13-11-15)20(26)14-25-21(27)23(2,24-22(25)28)19-9-5-7-16-6-3-4-8-18(16)19/h3-13H,14H2,1-2H3,(H,24,28). The molecule has 3 amide bonds. The number of carbonyl (C=O) groups excluding carboxylic acids is 3. The lowest BCUT2D eigenvalue weighted by Gasteiger charge is -2.24. The molecule has 5 nitrogen and oxygen atoms in total. The fourth-order valence-electron chi connectivity index (χ4n) is 3.66. The fraction of sp³-hybridized carbons (Fsp3) is 0.174. The molecule has 1 N–H and O–H groups in total. The van der Waals surface area contributed by atoms with Crippen molar-refractivity contribution in [1.82, 2.24) is 10.2 Å². The fourth-order valence-corrected chi connectivity index (χ4v) is 3.66. The second kappa shape index (κ2) is 6.60. The van der Waals surface area contributed by atoms with Crippen LogP contribution < -0.4 is 5.32 Å². The van der Waals surface area contributed by atoms with Gasteiger partial charge in [0.05, 0.1) is 6.54 Å². The number of ketones is 1. The molecule has 0 saturated carbocycles. The summed E-state index contributed by atoms with van der Waals surface area (Å²) < 4.78 is 0. The van der Waals surface area contributed by atoms with Crippen molar-refractivity contribution in [2.45, 2.75) is 19.4 Å². The Labute approximate surface area is 163 Å². The highest BCUT2D eigenvalue weighted by Crippen LogP contribution is 2.33. The predicted molar refractivity (Wildman–Crippen MR) is 107 cm³/mol. The molecule has 1 heterocycles. The largest absolute Gasteiger partial charge is 0.325 e. The number of urea groups is 1. The Morgan fingerprint density at radius 2 is 1.64 bits per heavy atom. The Morgan fingerprint density at radius 3 is 2.39 bits per heavy atom. The first kappa shape index (κ1) is 17.9. The van der Waals surface area contributed by atoms with Gasteiger partial charge < -0.3 is 5.32 Å². The van der Waals surface area contributed by atoms with Crippen molar-refractivity contribution < 1.29 is 14.4 Å². The van der Waals surface area contributed by atoms with Crippen molar-refractivity contribution in [2.75, 3.05) is 6.54 Å². The Hall–Kier alpha value is -3.47. The van der Waals surface area contributed by atoms with Crippen LogP contribution in [-0.4, -0.2) is 29.2 Å². The number of amides is 3. The van der Waals surface area contributed by atoms with Gasteiger partial charge >= 0.3 is 6.03 Å². The van der Waals surface area contributed by atoms with E-state index in [1.807, 2.05) is 61.5 Å². The molecule has 0 spiro atoms. The molecule has 0 radical (unpaired) electrons. The topological polar surface area (TPSA) is 66.5 Å². The molecule has 1 unspecified atom stereocenters. The van der Waals surface area contributed by atoms with Gasteiger partial charge in [0.1, 0.15) is 5.54 Å². The van der Waals surface area contributed by atoms with Gasteiger partial charge in [-0.15, -0.1) is 0 Å². The predicted octanol–water partition coefficient (Wildman–Crippen LogP) is 3.80. The van der Waals surface area contributed by atoms with Crippen LogP contribution in [0.5, 0.6) is 0 Å². The summed E-state index contributed by atoms with van der Waals surface area (Å²) in [5, 5.41) is 4.67. The van der Waals surface area contributed by atoms with Gasteiger partial charge in [0.2, 0.25) is 0 Å². The van der Waals surface area contributed by atoms with E-state index in [1.165, 1.54) is 0 Å². The lowest BCUT2D eigenvalue weighted by atomic mass is 9.88. The van der Waals surface area contributed by atoms with Gasteiger partial charge in [0, 0.05) is 5.56 Å². The lowest BCUT2D eigenvalue weighted by molar-refractivity contribution is -0.130. The second-order valence-electron chi connectivity index (χ2n) is 7.26. The summed E-state index contributed by atoms with van der Waals surface area (Å²) in [7, 11) is 0. The monoisotopic (exact) mass is 372 g/mol. The molecular weight excluding hydrogens is 352 g/mol. The molecule has 0 aromatic heterocycles. The van der Waals surface area contributed by atoms with Gasteiger partial charge in [0.15, 0.2) is 5.78 Å². The third-order valence-corrected chi connectivity index (χ3v) is 5.28. The van der Waals surface area contributed by atoms with Gasteiger partial charge in [-0.2, -0.15) is 0 Å². The molecule has 1 fully saturated rings. The quantitative estimate of drug-likeness (QED) is 0.560. The third kappa shape index (κ3) is 2.85. The Kier molecular flexibility index (Phi) is 4.23. The molecule has 1 atom stereocenters. The lowest BCUT2D eigenvalue weighted by Crippen LogP contribution is -2.41. The van der Waals surface area contributed by atoms with Crippen LogP contribution in [-0.2, 0) is 10.3 Å². The molecule has 0 bridgehead atoms. The van der Waals surface area contributed by atoms with Gasteiger partial charge in [-0.1, -0.05) is 72.3 Å². The zero-order chi connectivity index (χ0) is 19.9. The zero-order valence-corrected chi connectivity index (χ0v) is 15.7. The maximum absolute atomic E-state index is 13.2. The van der Waals surface area contributed by atoms with Gasteiger partial charge in [0.25, 0.3) is 5.91 Å². The number of nitrogens with zero attached hydrogens (tertiary/aromatic N) is 1. The minimum Gasteiger partial charge on any atom is -0.319 e. The van der Waals surface area contributed by atoms with Gasteiger partial charge in [-0.05, 0) is 30.2 Å². The Morgan fingerprint density at radius 1 is 0.964 bits per heavy atom. The molecule has 1 saturated heterocycles. The van der Waals surface area contributed by atoms with Gasteiger partial charge in [-0.3, -0.25) is 14.5 Å². The first-order valence-corrected chi connectivity index (χ1v) is 9.12. The molecule has 0 aliphatic carbocycles. The van der Waals surface area contributed by atoms with E-state index in [0.717, 1.165) is 21.2 Å². The summed E-state index contributed by atoms with van der Waals surface area (Å²) in [5.74, 6) is -0.694. The number of benzene rings is 3. The highest BCUT2D eigenvalue weighted by molar-refractivity contribution is 6.12. The maximum atomic E-state index is 13.2. The maximum Gasteiger partial charge on any atom is 0.325 e. The smallest absolute Gasteiger partial charge is 0.319 e. The summed E-state index contributed by atoms with van der Waals surface area (Å²) in [6, 6.07) is 19.9. The van der Waals surface area contributed by atoms with Crippen molar-refractivity contribution in [3.05, 3.63) is 83.4 Å². The molecule has 1 aliphatic rings. The third-order valence-electron chi connectivity index (χ3n) is 5.28. The van der Waals surface area contributed by atoms with Gasteiger partial charge in [-0.25, -0.2) is 4.79 Å². The van der Waals surface area contributed by atoms with Crippen molar-refractivity contribution in [3.8, 4) is 0 Å². The second-order valence-corrected chi connectivity index (χ2v) is 7.26. The molecule has 4 rings (SSSR count). The minimum absolute atomic E-state index is 0.273. The number of fused-ring (bicyclic) bond motifs is 1. The van der Waals surface area contributed by atoms with E-state index in [0.29, 0.717) is 11.1 Å². The normalized spacial score (nSPS) is 19.1. The van der Waals surface area contributed by atoms with Crippen LogP contribution in [0.4, 0.5) is 4.79 Å². The molecule has 5 heteroatoms. The average Bonchev–Trinajstić information content (AvgIpc) is 2.92. The van der Waals surface area contributed by atoms with Crippen LogP contribution in [0, 0.1) is 6.92 Å². The SMILES string of the molecule is Cc1ccc(C(=O)CN2C(=O)NC(C)(c3cccc4ccccc34)C2=O)cc1. The van der Waals surface area contributed by atoms with E-state index >= 15 is 0 Å². The molecule has 28 heavy (non-hydrogen) atoms. The highest BCUT2D eigenvalue weighted by Gasteiger charge is 2.50. The van der Waals surface area contributed by atoms with Crippen LogP contribution in [0.2, 0.25) is 0 Å². The number of imide groups is 1. The van der Waals surface area contributed by atoms with Crippen LogP contribution in [0.1, 0.15) is 28.4 Å². The summed E-state index contributed by atoms with van der Waals surface area (Å²) >= 11 is 0. The Bertz CT molecular complexity index is 1100. The van der Waals surface area contributed by atoms with E-state index in [4.69, 9.17) is 0 Å². The number of hydrogen-bond acceptors (Lipinski definition) is 3. The van der Waals surface area contributed by atoms with E-state index in [-0.39, 0.29) is 12.3 Å². The number of carbonyl (C=O) groups is 3. The van der Waals surface area contributed by atoms with E-state index in [2.05, 4.69) is 5.32 Å².